The highest BCUT2D eigenvalue weighted by Crippen LogP contribution is 2.12. The fourth-order valence-electron chi connectivity index (χ4n) is 0.704. The maximum atomic E-state index is 6.16. The molecule has 0 aromatic rings. The molecule has 0 heterocycles. The molecular weight excluding hydrogens is 176 g/mol. The van der Waals surface area contributed by atoms with Gasteiger partial charge in [-0.05, 0) is 19.5 Å². The van der Waals surface area contributed by atoms with Crippen LogP contribution in [0.15, 0.2) is 11.3 Å². The average Bonchev–Trinajstić information content (AvgIpc) is 1.59. The molecule has 0 aliphatic carbocycles. The SMILES string of the molecule is CC(C)=C[SiH2]C[Si](C)(C)Cl. The fourth-order valence-corrected chi connectivity index (χ4v) is 5.59. The van der Waals surface area contributed by atoms with Crippen LogP contribution in [0.5, 0.6) is 0 Å². The van der Waals surface area contributed by atoms with E-state index in [1.54, 1.807) is 0 Å². The number of hydrogen-bond donors (Lipinski definition) is 0. The lowest BCUT2D eigenvalue weighted by Gasteiger charge is -2.09. The van der Waals surface area contributed by atoms with E-state index < -0.39 is 7.38 Å². The third kappa shape index (κ3) is 8.46. The van der Waals surface area contributed by atoms with Crippen LogP contribution < -0.4 is 0 Å². The van der Waals surface area contributed by atoms with Gasteiger partial charge in [0.2, 0.25) is 0 Å². The van der Waals surface area contributed by atoms with E-state index in [1.807, 2.05) is 0 Å². The molecule has 0 nitrogen and oxygen atoms in total. The van der Waals surface area contributed by atoms with Gasteiger partial charge in [-0.15, -0.1) is 5.70 Å². The first-order valence-corrected chi connectivity index (χ1v) is 9.77. The summed E-state index contributed by atoms with van der Waals surface area (Å²) in [5.74, 6) is 0. The van der Waals surface area contributed by atoms with Crippen LogP contribution in [-0.2, 0) is 0 Å². The zero-order valence-electron chi connectivity index (χ0n) is 7.37. The standard InChI is InChI=1S/C7H17ClSi2/c1-7(2)5-9-6-10(3,4)8/h5H,6,9H2,1-4H3. The van der Waals surface area contributed by atoms with Gasteiger partial charge in [-0.1, -0.05) is 18.7 Å². The molecule has 0 atom stereocenters. The summed E-state index contributed by atoms with van der Waals surface area (Å²) in [5, 5.41) is 0. The Labute approximate surface area is 72.2 Å². The molecule has 0 saturated carbocycles. The highest BCUT2D eigenvalue weighted by Gasteiger charge is 2.14. The first kappa shape index (κ1) is 10.5. The van der Waals surface area contributed by atoms with Crippen LogP contribution in [0.25, 0.3) is 0 Å². The van der Waals surface area contributed by atoms with E-state index in [0.717, 1.165) is 0 Å². The van der Waals surface area contributed by atoms with Gasteiger partial charge in [-0.25, -0.2) is 0 Å². The first-order valence-electron chi connectivity index (χ1n) is 3.74. The zero-order chi connectivity index (χ0) is 8.20. The number of rotatable bonds is 3. The predicted octanol–water partition coefficient (Wildman–Crippen LogP) is 2.48. The predicted molar refractivity (Wildman–Crippen MR) is 56.1 cm³/mol. The number of allylic oxidation sites excluding steroid dienone is 1. The van der Waals surface area contributed by atoms with E-state index in [0.29, 0.717) is 0 Å². The minimum absolute atomic E-state index is 0.0274. The number of halogens is 1. The van der Waals surface area contributed by atoms with Crippen LogP contribution in [0, 0.1) is 0 Å². The second-order valence-corrected chi connectivity index (χ2v) is 13.0. The molecule has 0 unspecified atom stereocenters. The van der Waals surface area contributed by atoms with E-state index in [-0.39, 0.29) is 9.52 Å². The Hall–Kier alpha value is 0.464. The Morgan fingerprint density at radius 3 is 2.30 bits per heavy atom. The molecular formula is C7H17ClSi2. The van der Waals surface area contributed by atoms with E-state index in [1.165, 1.54) is 11.2 Å². The summed E-state index contributed by atoms with van der Waals surface area (Å²) >= 11 is 6.16. The number of hydrogen-bond acceptors (Lipinski definition) is 0. The van der Waals surface area contributed by atoms with Crippen LogP contribution in [0.2, 0.25) is 18.8 Å². The maximum Gasteiger partial charge on any atom is 0.147 e. The van der Waals surface area contributed by atoms with E-state index in [4.69, 9.17) is 11.1 Å². The summed E-state index contributed by atoms with van der Waals surface area (Å²) in [7, 11) is -1.21. The van der Waals surface area contributed by atoms with Crippen molar-refractivity contribution in [1.29, 1.82) is 0 Å². The van der Waals surface area contributed by atoms with Gasteiger partial charge < -0.3 is 0 Å². The van der Waals surface area contributed by atoms with Crippen molar-refractivity contribution in [2.75, 3.05) is 0 Å². The van der Waals surface area contributed by atoms with Gasteiger partial charge in [0.05, 0.1) is 0 Å². The first-order chi connectivity index (χ1) is 4.42. The van der Waals surface area contributed by atoms with Crippen molar-refractivity contribution in [3.05, 3.63) is 11.3 Å². The fraction of sp³-hybridized carbons (Fsp3) is 0.714. The average molecular weight is 193 g/mol. The van der Waals surface area contributed by atoms with Crippen LogP contribution in [0.1, 0.15) is 13.8 Å². The topological polar surface area (TPSA) is 0 Å². The van der Waals surface area contributed by atoms with Gasteiger partial charge >= 0.3 is 0 Å². The summed E-state index contributed by atoms with van der Waals surface area (Å²) < 4.78 is 0. The molecule has 0 radical (unpaired) electrons. The molecule has 0 aliphatic heterocycles. The summed E-state index contributed by atoms with van der Waals surface area (Å²) in [5.41, 5.74) is 5.19. The van der Waals surface area contributed by atoms with Crippen LogP contribution in [0.4, 0.5) is 0 Å². The summed E-state index contributed by atoms with van der Waals surface area (Å²) in [6.07, 6.45) is 0. The lowest BCUT2D eigenvalue weighted by Crippen LogP contribution is -2.18. The molecule has 60 valence electrons. The van der Waals surface area contributed by atoms with Crippen molar-refractivity contribution in [3.8, 4) is 0 Å². The van der Waals surface area contributed by atoms with Crippen LogP contribution in [0.3, 0.4) is 0 Å². The van der Waals surface area contributed by atoms with Gasteiger partial charge in [-0.2, -0.15) is 11.1 Å². The summed E-state index contributed by atoms with van der Waals surface area (Å²) in [6.45, 7) is 8.77. The summed E-state index contributed by atoms with van der Waals surface area (Å²) in [6, 6.07) is 0. The Morgan fingerprint density at radius 2 is 2.00 bits per heavy atom. The van der Waals surface area contributed by atoms with E-state index in [9.17, 15) is 0 Å². The minimum Gasteiger partial charge on any atom is -0.168 e. The molecule has 0 bridgehead atoms. The highest BCUT2D eigenvalue weighted by molar-refractivity contribution is 7.21. The molecule has 0 aliphatic rings. The van der Waals surface area contributed by atoms with Crippen molar-refractivity contribution in [2.24, 2.45) is 0 Å². The quantitative estimate of drug-likeness (QED) is 0.476. The third-order valence-corrected chi connectivity index (χ3v) is 10.0. The van der Waals surface area contributed by atoms with Crippen molar-refractivity contribution in [3.63, 3.8) is 0 Å². The Morgan fingerprint density at radius 1 is 1.50 bits per heavy atom. The molecule has 0 saturated heterocycles. The lowest BCUT2D eigenvalue weighted by molar-refractivity contribution is 1.41. The lowest BCUT2D eigenvalue weighted by atomic mass is 10.4. The molecule has 0 aromatic carbocycles. The van der Waals surface area contributed by atoms with Crippen LogP contribution in [-0.4, -0.2) is 16.9 Å². The second-order valence-electron chi connectivity index (χ2n) is 3.54. The van der Waals surface area contributed by atoms with Crippen molar-refractivity contribution < 1.29 is 0 Å². The molecule has 10 heavy (non-hydrogen) atoms. The Bertz CT molecular complexity index is 120. The molecule has 0 rings (SSSR count). The largest absolute Gasteiger partial charge is 0.168 e. The van der Waals surface area contributed by atoms with Gasteiger partial charge in [0, 0.05) is 9.52 Å². The molecule has 0 aromatic heterocycles. The third-order valence-electron chi connectivity index (χ3n) is 1.29. The van der Waals surface area contributed by atoms with Crippen LogP contribution >= 0.6 is 11.1 Å². The minimum atomic E-state index is -1.23. The Balaban J connectivity index is 3.47. The molecule has 0 N–H and O–H groups in total. The van der Waals surface area contributed by atoms with Gasteiger partial charge in [-0.3, -0.25) is 0 Å². The smallest absolute Gasteiger partial charge is 0.147 e. The maximum absolute atomic E-state index is 6.16. The molecule has 3 heteroatoms. The normalized spacial score (nSPS) is 12.5. The molecule has 0 spiro atoms. The second kappa shape index (κ2) is 4.36. The van der Waals surface area contributed by atoms with Gasteiger partial charge in [0.1, 0.15) is 7.38 Å². The summed E-state index contributed by atoms with van der Waals surface area (Å²) in [4.78, 5) is 0. The van der Waals surface area contributed by atoms with Crippen molar-refractivity contribution in [2.45, 2.75) is 32.6 Å². The molecule has 0 fully saturated rings. The van der Waals surface area contributed by atoms with E-state index in [2.05, 4.69) is 32.6 Å². The molecule has 0 amide bonds. The van der Waals surface area contributed by atoms with Gasteiger partial charge in [0.25, 0.3) is 0 Å². The monoisotopic (exact) mass is 192 g/mol. The Kier molecular flexibility index (Phi) is 4.57. The van der Waals surface area contributed by atoms with Gasteiger partial charge in [0.15, 0.2) is 0 Å². The van der Waals surface area contributed by atoms with E-state index >= 15 is 0 Å². The van der Waals surface area contributed by atoms with Crippen molar-refractivity contribution >= 4 is 28.0 Å². The van der Waals surface area contributed by atoms with Crippen molar-refractivity contribution in [1.82, 2.24) is 0 Å². The highest BCUT2D eigenvalue weighted by atomic mass is 35.6. The zero-order valence-corrected chi connectivity index (χ0v) is 10.5.